The van der Waals surface area contributed by atoms with E-state index in [-0.39, 0.29) is 5.56 Å². The second-order valence-corrected chi connectivity index (χ2v) is 10.9. The molecule has 0 saturated carbocycles. The third kappa shape index (κ3) is 5.60. The third-order valence-corrected chi connectivity index (χ3v) is 7.57. The molecule has 0 N–H and O–H groups in total. The first-order chi connectivity index (χ1) is 18.4. The summed E-state index contributed by atoms with van der Waals surface area (Å²) in [6, 6.07) is 26.4. The molecule has 0 saturated heterocycles. The maximum atomic E-state index is 13.4. The minimum absolute atomic E-state index is 0.253. The van der Waals surface area contributed by atoms with Gasteiger partial charge in [-0.1, -0.05) is 80.4 Å². The van der Waals surface area contributed by atoms with Crippen LogP contribution in [0, 0.1) is 0 Å². The molecule has 6 nitrogen and oxygen atoms in total. The monoisotopic (exact) mass is 695 g/mol. The van der Waals surface area contributed by atoms with E-state index in [4.69, 9.17) is 14.5 Å². The molecule has 5 rings (SSSR count). The maximum Gasteiger partial charge on any atom is 0.282 e. The first kappa shape index (κ1) is 26.3. The number of fused-ring (bicyclic) bond motifs is 1. The highest BCUT2D eigenvalue weighted by Gasteiger charge is 2.14. The molecule has 0 atom stereocenters. The summed E-state index contributed by atoms with van der Waals surface area (Å²) in [5.74, 6) is 1.55. The van der Waals surface area contributed by atoms with E-state index in [2.05, 4.69) is 52.9 Å². The van der Waals surface area contributed by atoms with Crippen LogP contribution >= 0.6 is 47.8 Å². The Labute approximate surface area is 244 Å². The lowest BCUT2D eigenvalue weighted by Crippen LogP contribution is -2.20. The van der Waals surface area contributed by atoms with Gasteiger partial charge in [-0.15, -0.1) is 0 Å². The molecular formula is C29H20Br3N3O3. The molecule has 38 heavy (non-hydrogen) atoms. The third-order valence-electron chi connectivity index (χ3n) is 5.75. The number of aromatic nitrogens is 2. The Morgan fingerprint density at radius 3 is 2.45 bits per heavy atom. The molecule has 1 heterocycles. The standard InChI is InChI=1S/C29H20Br3N3O3/c1-37-26-14-18(13-24(32)27(26)38-17-20-11-12-21(30)15-23(20)31)16-33-35-28(19-7-3-2-4-8-19)34-25-10-6-5-9-22(25)29(35)36/h2-16H,17H2,1H3. The molecule has 4 aromatic carbocycles. The highest BCUT2D eigenvalue weighted by molar-refractivity contribution is 9.11. The van der Waals surface area contributed by atoms with Crippen molar-refractivity contribution in [2.24, 2.45) is 5.10 Å². The molecule has 0 fully saturated rings. The molecule has 9 heteroatoms. The largest absolute Gasteiger partial charge is 0.493 e. The van der Waals surface area contributed by atoms with Crippen molar-refractivity contribution in [2.45, 2.75) is 6.61 Å². The van der Waals surface area contributed by atoms with Crippen LogP contribution in [0.4, 0.5) is 0 Å². The summed E-state index contributed by atoms with van der Waals surface area (Å²) in [5.41, 5.74) is 2.85. The Bertz CT molecular complexity index is 1720. The summed E-state index contributed by atoms with van der Waals surface area (Å²) < 4.78 is 15.7. The number of para-hydroxylation sites is 1. The molecule has 0 bridgehead atoms. The van der Waals surface area contributed by atoms with Gasteiger partial charge in [0.05, 0.1) is 28.7 Å². The summed E-state index contributed by atoms with van der Waals surface area (Å²) in [6.45, 7) is 0.342. The number of nitrogens with zero attached hydrogens (tertiary/aromatic N) is 3. The fourth-order valence-electron chi connectivity index (χ4n) is 3.87. The van der Waals surface area contributed by atoms with Crippen LogP contribution < -0.4 is 15.0 Å². The van der Waals surface area contributed by atoms with Gasteiger partial charge in [0.25, 0.3) is 5.56 Å². The molecule has 5 aromatic rings. The predicted molar refractivity (Wildman–Crippen MR) is 161 cm³/mol. The minimum Gasteiger partial charge on any atom is -0.493 e. The quantitative estimate of drug-likeness (QED) is 0.163. The zero-order valence-electron chi connectivity index (χ0n) is 20.1. The van der Waals surface area contributed by atoms with Crippen molar-refractivity contribution in [2.75, 3.05) is 7.11 Å². The van der Waals surface area contributed by atoms with Gasteiger partial charge in [0, 0.05) is 20.1 Å². The first-order valence-corrected chi connectivity index (χ1v) is 13.9. The zero-order valence-corrected chi connectivity index (χ0v) is 24.8. The summed E-state index contributed by atoms with van der Waals surface area (Å²) in [7, 11) is 1.58. The minimum atomic E-state index is -0.253. The topological polar surface area (TPSA) is 65.7 Å². The van der Waals surface area contributed by atoms with Crippen LogP contribution in [0.15, 0.2) is 108 Å². The van der Waals surface area contributed by atoms with Gasteiger partial charge in [-0.3, -0.25) is 4.79 Å². The molecule has 0 radical (unpaired) electrons. The van der Waals surface area contributed by atoms with E-state index in [9.17, 15) is 4.79 Å². The summed E-state index contributed by atoms with van der Waals surface area (Å²) in [6.07, 6.45) is 1.60. The molecule has 0 aliphatic rings. The molecule has 0 unspecified atom stereocenters. The molecule has 0 spiro atoms. The number of hydrogen-bond acceptors (Lipinski definition) is 5. The lowest BCUT2D eigenvalue weighted by molar-refractivity contribution is 0.282. The normalized spacial score (nSPS) is 11.3. The van der Waals surface area contributed by atoms with E-state index < -0.39 is 0 Å². The Hall–Kier alpha value is -3.27. The van der Waals surface area contributed by atoms with E-state index in [0.717, 1.165) is 20.1 Å². The van der Waals surface area contributed by atoms with Gasteiger partial charge >= 0.3 is 0 Å². The number of rotatable bonds is 7. The van der Waals surface area contributed by atoms with Gasteiger partial charge in [0.2, 0.25) is 0 Å². The van der Waals surface area contributed by atoms with Crippen LogP contribution in [0.1, 0.15) is 11.1 Å². The summed E-state index contributed by atoms with van der Waals surface area (Å²) in [4.78, 5) is 18.1. The van der Waals surface area contributed by atoms with E-state index in [1.54, 1.807) is 19.4 Å². The van der Waals surface area contributed by atoms with Crippen molar-refractivity contribution in [1.29, 1.82) is 0 Å². The van der Waals surface area contributed by atoms with Crippen LogP contribution in [-0.4, -0.2) is 23.0 Å². The van der Waals surface area contributed by atoms with Gasteiger partial charge in [-0.05, 0) is 57.9 Å². The van der Waals surface area contributed by atoms with Gasteiger partial charge in [0.15, 0.2) is 17.3 Å². The van der Waals surface area contributed by atoms with Crippen molar-refractivity contribution in [3.8, 4) is 22.9 Å². The SMILES string of the molecule is COc1cc(C=Nn2c(-c3ccccc3)nc3ccccc3c2=O)cc(Br)c1OCc1ccc(Br)cc1Br. The molecule has 0 amide bonds. The average molecular weight is 698 g/mol. The smallest absolute Gasteiger partial charge is 0.282 e. The lowest BCUT2D eigenvalue weighted by atomic mass is 10.2. The maximum absolute atomic E-state index is 13.4. The molecule has 0 aliphatic carbocycles. The second kappa shape index (κ2) is 11.6. The highest BCUT2D eigenvalue weighted by atomic mass is 79.9. The number of hydrogen-bond donors (Lipinski definition) is 0. The molecule has 0 aliphatic heterocycles. The van der Waals surface area contributed by atoms with Gasteiger partial charge in [-0.2, -0.15) is 9.78 Å². The summed E-state index contributed by atoms with van der Waals surface area (Å²) >= 11 is 10.6. The Balaban J connectivity index is 1.51. The summed E-state index contributed by atoms with van der Waals surface area (Å²) in [5, 5.41) is 5.04. The number of halogens is 3. The van der Waals surface area contributed by atoms with E-state index in [0.29, 0.717) is 44.9 Å². The second-order valence-electron chi connectivity index (χ2n) is 8.24. The van der Waals surface area contributed by atoms with Gasteiger partial charge < -0.3 is 9.47 Å². The highest BCUT2D eigenvalue weighted by Crippen LogP contribution is 2.37. The van der Waals surface area contributed by atoms with Crippen LogP contribution in [0.3, 0.4) is 0 Å². The van der Waals surface area contributed by atoms with E-state index in [1.165, 1.54) is 4.68 Å². The lowest BCUT2D eigenvalue weighted by Gasteiger charge is -2.14. The van der Waals surface area contributed by atoms with Crippen molar-refractivity contribution >= 4 is 64.9 Å². The van der Waals surface area contributed by atoms with Crippen molar-refractivity contribution in [1.82, 2.24) is 9.66 Å². The predicted octanol–water partition coefficient (Wildman–Crippen LogP) is 7.82. The Morgan fingerprint density at radius 1 is 0.921 bits per heavy atom. The Kier molecular flexibility index (Phi) is 8.06. The van der Waals surface area contributed by atoms with Crippen LogP contribution in [0.2, 0.25) is 0 Å². The number of methoxy groups -OCH3 is 1. The van der Waals surface area contributed by atoms with E-state index >= 15 is 0 Å². The fraction of sp³-hybridized carbons (Fsp3) is 0.0690. The van der Waals surface area contributed by atoms with Gasteiger partial charge in [0.1, 0.15) is 6.61 Å². The Morgan fingerprint density at radius 2 is 1.68 bits per heavy atom. The van der Waals surface area contributed by atoms with Crippen LogP contribution in [0.25, 0.3) is 22.3 Å². The van der Waals surface area contributed by atoms with Crippen LogP contribution in [-0.2, 0) is 6.61 Å². The van der Waals surface area contributed by atoms with E-state index in [1.807, 2.05) is 78.9 Å². The fourth-order valence-corrected chi connectivity index (χ4v) is 5.61. The zero-order chi connectivity index (χ0) is 26.6. The number of benzene rings is 4. The number of ether oxygens (including phenoxy) is 2. The van der Waals surface area contributed by atoms with Crippen molar-refractivity contribution in [3.63, 3.8) is 0 Å². The molecular weight excluding hydrogens is 678 g/mol. The van der Waals surface area contributed by atoms with Crippen molar-refractivity contribution < 1.29 is 9.47 Å². The molecule has 1 aromatic heterocycles. The average Bonchev–Trinajstić information content (AvgIpc) is 2.93. The van der Waals surface area contributed by atoms with Crippen molar-refractivity contribution in [3.05, 3.63) is 120 Å². The first-order valence-electron chi connectivity index (χ1n) is 11.5. The molecule has 190 valence electrons. The van der Waals surface area contributed by atoms with Gasteiger partial charge in [-0.25, -0.2) is 4.98 Å². The van der Waals surface area contributed by atoms with Crippen LogP contribution in [0.5, 0.6) is 11.5 Å².